The maximum atomic E-state index is 12.2. The lowest BCUT2D eigenvalue weighted by atomic mass is 9.95. The summed E-state index contributed by atoms with van der Waals surface area (Å²) in [4.78, 5) is 29.7. The third-order valence-corrected chi connectivity index (χ3v) is 3.56. The Hall–Kier alpha value is -1.91. The predicted octanol–water partition coefficient (Wildman–Crippen LogP) is 0.988. The fraction of sp³-hybridized carbons (Fsp3) is 0.500. The summed E-state index contributed by atoms with van der Waals surface area (Å²) in [5.74, 6) is 0.108. The van der Waals surface area contributed by atoms with Gasteiger partial charge in [-0.15, -0.1) is 0 Å². The lowest BCUT2D eigenvalue weighted by molar-refractivity contribution is -0.125. The first-order valence-corrected chi connectivity index (χ1v) is 6.55. The van der Waals surface area contributed by atoms with E-state index in [9.17, 15) is 9.59 Å². The quantitative estimate of drug-likeness (QED) is 0.863. The zero-order valence-electron chi connectivity index (χ0n) is 11.3. The second-order valence-electron chi connectivity index (χ2n) is 4.87. The fourth-order valence-electron chi connectivity index (χ4n) is 2.33. The number of pyridine rings is 1. The van der Waals surface area contributed by atoms with Crippen molar-refractivity contribution >= 4 is 11.8 Å². The Morgan fingerprint density at radius 2 is 2.00 bits per heavy atom. The second kappa shape index (κ2) is 5.82. The Balaban J connectivity index is 1.96. The van der Waals surface area contributed by atoms with E-state index in [1.54, 1.807) is 24.2 Å². The molecule has 0 aromatic carbocycles. The first-order valence-electron chi connectivity index (χ1n) is 6.55. The van der Waals surface area contributed by atoms with Gasteiger partial charge in [0.15, 0.2) is 0 Å². The van der Waals surface area contributed by atoms with Crippen LogP contribution in [0.15, 0.2) is 18.3 Å². The van der Waals surface area contributed by atoms with E-state index in [4.69, 9.17) is 0 Å². The summed E-state index contributed by atoms with van der Waals surface area (Å²) < 4.78 is 0. The number of likely N-dealkylation sites (tertiary alicyclic amines) is 1. The van der Waals surface area contributed by atoms with Crippen molar-refractivity contribution < 1.29 is 9.59 Å². The van der Waals surface area contributed by atoms with Crippen molar-refractivity contribution in [3.63, 3.8) is 0 Å². The highest BCUT2D eigenvalue weighted by Crippen LogP contribution is 2.19. The van der Waals surface area contributed by atoms with E-state index in [2.05, 4.69) is 10.3 Å². The molecule has 1 N–H and O–H groups in total. The molecule has 0 aliphatic carbocycles. The van der Waals surface area contributed by atoms with Gasteiger partial charge in [-0.3, -0.25) is 14.6 Å². The summed E-state index contributed by atoms with van der Waals surface area (Å²) in [6.45, 7) is 3.15. The van der Waals surface area contributed by atoms with Gasteiger partial charge in [0.2, 0.25) is 5.91 Å². The molecule has 2 heterocycles. The topological polar surface area (TPSA) is 62.3 Å². The number of piperidine rings is 1. The van der Waals surface area contributed by atoms with Crippen LogP contribution in [-0.4, -0.2) is 41.8 Å². The summed E-state index contributed by atoms with van der Waals surface area (Å²) in [6.07, 6.45) is 3.07. The van der Waals surface area contributed by atoms with Gasteiger partial charge in [0.1, 0.15) is 0 Å². The van der Waals surface area contributed by atoms with Crippen molar-refractivity contribution in [1.29, 1.82) is 0 Å². The summed E-state index contributed by atoms with van der Waals surface area (Å²) in [5, 5.41) is 2.66. The van der Waals surface area contributed by atoms with Gasteiger partial charge in [0.05, 0.1) is 5.56 Å². The molecule has 0 atom stereocenters. The number of aromatic nitrogens is 1. The van der Waals surface area contributed by atoms with E-state index in [0.29, 0.717) is 18.7 Å². The van der Waals surface area contributed by atoms with Crippen molar-refractivity contribution in [2.45, 2.75) is 19.8 Å². The minimum Gasteiger partial charge on any atom is -0.359 e. The number of hydrogen-bond donors (Lipinski definition) is 1. The van der Waals surface area contributed by atoms with Crippen molar-refractivity contribution in [1.82, 2.24) is 15.2 Å². The molecule has 5 nitrogen and oxygen atoms in total. The first-order chi connectivity index (χ1) is 9.11. The predicted molar refractivity (Wildman–Crippen MR) is 71.7 cm³/mol. The van der Waals surface area contributed by atoms with E-state index in [1.807, 2.05) is 13.0 Å². The van der Waals surface area contributed by atoms with Gasteiger partial charge >= 0.3 is 0 Å². The summed E-state index contributed by atoms with van der Waals surface area (Å²) >= 11 is 0. The number of rotatable bonds is 2. The van der Waals surface area contributed by atoms with Crippen LogP contribution in [0.5, 0.6) is 0 Å². The molecule has 5 heteroatoms. The largest absolute Gasteiger partial charge is 0.359 e. The van der Waals surface area contributed by atoms with E-state index in [0.717, 1.165) is 18.5 Å². The van der Waals surface area contributed by atoms with Crippen LogP contribution in [-0.2, 0) is 4.79 Å². The Morgan fingerprint density at radius 3 is 2.53 bits per heavy atom. The highest BCUT2D eigenvalue weighted by Gasteiger charge is 2.27. The molecule has 2 amide bonds. The summed E-state index contributed by atoms with van der Waals surface area (Å²) in [7, 11) is 1.65. The minimum absolute atomic E-state index is 0.00265. The number of carbonyl (C=O) groups is 2. The zero-order chi connectivity index (χ0) is 13.8. The number of amides is 2. The van der Waals surface area contributed by atoms with Crippen LogP contribution in [0.3, 0.4) is 0 Å². The molecule has 1 aromatic heterocycles. The van der Waals surface area contributed by atoms with Gasteiger partial charge in [-0.1, -0.05) is 0 Å². The van der Waals surface area contributed by atoms with Gasteiger partial charge in [-0.25, -0.2) is 0 Å². The normalized spacial score (nSPS) is 16.2. The molecule has 2 rings (SSSR count). The molecule has 1 saturated heterocycles. The summed E-state index contributed by atoms with van der Waals surface area (Å²) in [6, 6.07) is 3.64. The van der Waals surface area contributed by atoms with Gasteiger partial charge in [0, 0.05) is 37.9 Å². The van der Waals surface area contributed by atoms with Crippen molar-refractivity contribution in [2.24, 2.45) is 5.92 Å². The molecular weight excluding hydrogens is 242 g/mol. The molecule has 0 saturated carbocycles. The third-order valence-electron chi connectivity index (χ3n) is 3.56. The van der Waals surface area contributed by atoms with Crippen LogP contribution < -0.4 is 5.32 Å². The Kier molecular flexibility index (Phi) is 4.14. The van der Waals surface area contributed by atoms with Gasteiger partial charge in [-0.05, 0) is 31.9 Å². The molecular formula is C14H19N3O2. The van der Waals surface area contributed by atoms with Crippen LogP contribution in [0, 0.1) is 12.8 Å². The number of hydrogen-bond acceptors (Lipinski definition) is 3. The maximum absolute atomic E-state index is 12.2. The van der Waals surface area contributed by atoms with E-state index in [-0.39, 0.29) is 17.7 Å². The number of nitrogens with one attached hydrogen (secondary N) is 1. The monoisotopic (exact) mass is 261 g/mol. The van der Waals surface area contributed by atoms with Crippen LogP contribution in [0.25, 0.3) is 0 Å². The molecule has 1 aliphatic heterocycles. The molecule has 1 aromatic rings. The summed E-state index contributed by atoms with van der Waals surface area (Å²) in [5.41, 5.74) is 1.51. The SMILES string of the molecule is CNC(=O)C1CCN(C(=O)c2ccc(C)nc2)CC1. The van der Waals surface area contributed by atoms with Crippen molar-refractivity contribution in [3.05, 3.63) is 29.6 Å². The van der Waals surface area contributed by atoms with Crippen molar-refractivity contribution in [3.8, 4) is 0 Å². The Labute approximate surface area is 113 Å². The standard InChI is InChI=1S/C14H19N3O2/c1-10-3-4-12(9-16-10)14(19)17-7-5-11(6-8-17)13(18)15-2/h3-4,9,11H,5-8H2,1-2H3,(H,15,18). The molecule has 19 heavy (non-hydrogen) atoms. The average Bonchev–Trinajstić information content (AvgIpc) is 2.46. The van der Waals surface area contributed by atoms with Crippen LogP contribution in [0.1, 0.15) is 28.9 Å². The zero-order valence-corrected chi connectivity index (χ0v) is 11.3. The Bertz CT molecular complexity index is 462. The molecule has 1 fully saturated rings. The van der Waals surface area contributed by atoms with E-state index >= 15 is 0 Å². The highest BCUT2D eigenvalue weighted by molar-refractivity contribution is 5.94. The molecule has 0 unspecified atom stereocenters. The minimum atomic E-state index is 0.00265. The van der Waals surface area contributed by atoms with Crippen LogP contribution in [0.4, 0.5) is 0 Å². The molecule has 0 radical (unpaired) electrons. The van der Waals surface area contributed by atoms with Gasteiger partial charge in [0.25, 0.3) is 5.91 Å². The Morgan fingerprint density at radius 1 is 1.32 bits per heavy atom. The van der Waals surface area contributed by atoms with Crippen molar-refractivity contribution in [2.75, 3.05) is 20.1 Å². The number of carbonyl (C=O) groups excluding carboxylic acids is 2. The van der Waals surface area contributed by atoms with E-state index < -0.39 is 0 Å². The number of nitrogens with zero attached hydrogens (tertiary/aromatic N) is 2. The fourth-order valence-corrected chi connectivity index (χ4v) is 2.33. The van der Waals surface area contributed by atoms with Gasteiger partial charge in [-0.2, -0.15) is 0 Å². The third kappa shape index (κ3) is 3.10. The lowest BCUT2D eigenvalue weighted by Gasteiger charge is -2.31. The molecule has 0 spiro atoms. The smallest absolute Gasteiger partial charge is 0.255 e. The van der Waals surface area contributed by atoms with Crippen LogP contribution in [0.2, 0.25) is 0 Å². The van der Waals surface area contributed by atoms with Crippen LogP contribution >= 0.6 is 0 Å². The average molecular weight is 261 g/mol. The number of aryl methyl sites for hydroxylation is 1. The molecule has 1 aliphatic rings. The maximum Gasteiger partial charge on any atom is 0.255 e. The molecule has 0 bridgehead atoms. The molecule has 102 valence electrons. The highest BCUT2D eigenvalue weighted by atomic mass is 16.2. The first kappa shape index (κ1) is 13.5. The van der Waals surface area contributed by atoms with E-state index in [1.165, 1.54) is 0 Å². The van der Waals surface area contributed by atoms with Gasteiger partial charge < -0.3 is 10.2 Å². The second-order valence-corrected chi connectivity index (χ2v) is 4.87. The lowest BCUT2D eigenvalue weighted by Crippen LogP contribution is -2.42.